The maximum atomic E-state index is 12.8. The Hall–Kier alpha value is -4.93. The molecule has 0 saturated heterocycles. The molecule has 8 rings (SSSR count). The predicted octanol–water partition coefficient (Wildman–Crippen LogP) is 9.05. The van der Waals surface area contributed by atoms with Crippen molar-refractivity contribution >= 4 is 79.5 Å². The molecule has 0 bridgehead atoms. The van der Waals surface area contributed by atoms with Crippen LogP contribution in [0.3, 0.4) is 0 Å². The number of ether oxygens (including phenoxy) is 1. The van der Waals surface area contributed by atoms with E-state index in [1.54, 1.807) is 4.90 Å². The molecule has 4 heterocycles. The van der Waals surface area contributed by atoms with Crippen molar-refractivity contribution < 1.29 is 25.3 Å². The number of nitrogens with one attached hydrogen (secondary N) is 3. The molecule has 2 aliphatic rings. The van der Waals surface area contributed by atoms with Crippen LogP contribution >= 0.6 is 34.8 Å². The number of alkyl halides is 2. The molecular formula is C44H47Cl3N4O5. The number of ketones is 1. The first-order valence-electron chi connectivity index (χ1n) is 18.0. The number of rotatable bonds is 7. The summed E-state index contributed by atoms with van der Waals surface area (Å²) in [6.45, 7) is 1.94. The van der Waals surface area contributed by atoms with Gasteiger partial charge in [-0.05, 0) is 52.4 Å². The van der Waals surface area contributed by atoms with Gasteiger partial charge in [-0.3, -0.25) is 19.7 Å². The average molecular weight is 819 g/mol. The Labute approximate surface area is 343 Å². The number of para-hydroxylation sites is 2. The molecule has 9 nitrogen and oxygen atoms in total. The van der Waals surface area contributed by atoms with E-state index in [4.69, 9.17) is 39.5 Å². The fourth-order valence-corrected chi connectivity index (χ4v) is 7.70. The van der Waals surface area contributed by atoms with E-state index in [0.29, 0.717) is 12.8 Å². The highest BCUT2D eigenvalue weighted by Crippen LogP contribution is 2.41. The highest BCUT2D eigenvalue weighted by molar-refractivity contribution is 6.67. The number of hydrogen-bond donors (Lipinski definition) is 3. The quantitative estimate of drug-likeness (QED) is 0.0840. The Morgan fingerprint density at radius 2 is 1.23 bits per heavy atom. The first kappa shape index (κ1) is 42.2. The summed E-state index contributed by atoms with van der Waals surface area (Å²) >= 11 is 15.4. The summed E-state index contributed by atoms with van der Waals surface area (Å²) in [6.07, 6.45) is 1.71. The number of amides is 1. The average Bonchev–Trinajstić information content (AvgIpc) is 3.81. The number of benzene rings is 4. The maximum Gasteiger partial charge on any atom is 0.328 e. The summed E-state index contributed by atoms with van der Waals surface area (Å²) in [4.78, 5) is 55.7. The molecule has 3 N–H and O–H groups in total. The van der Waals surface area contributed by atoms with Gasteiger partial charge in [0, 0.05) is 47.5 Å². The number of H-pyrrole nitrogens is 2. The fourth-order valence-electron chi connectivity index (χ4n) is 7.56. The standard InChI is InChI=1S/C21H19ClN2O3.C20H20N2O.C2H2Cl2O.CH4.H2/c1-27-21(26)17-11-15-14-9-5-6-10-16(14)23-19(15)20(24(17)18(25)12-22)13-7-3-2-4-8-13;1-2-18(23)17-12-15-14-10-6-7-11-16(14)21-20(15)19(22-17)13-8-4-3-5-9-13;3-1-2(4)5;;/h2-10,17,20,23H,11-12H2,1H3;3-11,17,19,21-22H,2,12H2,1H3;1H2;1H4;1H/t17-,20?;17-,19?;;;/m00.../s1/i;;;;1+1. The molecular weight excluding hydrogens is 771 g/mol. The molecule has 2 unspecified atom stereocenters. The zero-order chi connectivity index (χ0) is 39.1. The van der Waals surface area contributed by atoms with Gasteiger partial charge in [0.2, 0.25) is 11.1 Å². The first-order chi connectivity index (χ1) is 26.7. The van der Waals surface area contributed by atoms with E-state index in [1.165, 1.54) is 29.3 Å². The van der Waals surface area contributed by atoms with E-state index in [9.17, 15) is 19.2 Å². The monoisotopic (exact) mass is 817 g/mol. The fraction of sp³-hybridized carbons (Fsp3) is 0.273. The van der Waals surface area contributed by atoms with Gasteiger partial charge in [-0.15, -0.1) is 23.2 Å². The molecule has 1 amide bonds. The molecule has 2 aliphatic heterocycles. The third kappa shape index (κ3) is 8.87. The third-order valence-electron chi connectivity index (χ3n) is 10.0. The van der Waals surface area contributed by atoms with Crippen LogP contribution < -0.4 is 5.32 Å². The smallest absolute Gasteiger partial charge is 0.328 e. The third-order valence-corrected chi connectivity index (χ3v) is 10.8. The Balaban J connectivity index is 0.000000221. The Morgan fingerprint density at radius 3 is 1.75 bits per heavy atom. The lowest BCUT2D eigenvalue weighted by atomic mass is 9.88. The second-order valence-electron chi connectivity index (χ2n) is 13.2. The molecule has 4 aromatic carbocycles. The molecule has 4 atom stereocenters. The van der Waals surface area contributed by atoms with Crippen LogP contribution in [0.5, 0.6) is 0 Å². The van der Waals surface area contributed by atoms with Gasteiger partial charge < -0.3 is 19.6 Å². The van der Waals surface area contributed by atoms with Crippen LogP contribution in [-0.4, -0.2) is 68.7 Å². The summed E-state index contributed by atoms with van der Waals surface area (Å²) in [5.74, 6) is -0.758. The van der Waals surface area contributed by atoms with Crippen LogP contribution in [0.1, 0.15) is 67.9 Å². The maximum absolute atomic E-state index is 12.8. The zero-order valence-electron chi connectivity index (χ0n) is 30.4. The van der Waals surface area contributed by atoms with Gasteiger partial charge in [0.1, 0.15) is 17.7 Å². The van der Waals surface area contributed by atoms with Gasteiger partial charge in [0.05, 0.1) is 31.1 Å². The number of halogens is 3. The number of carbonyl (C=O) groups is 4. The summed E-state index contributed by atoms with van der Waals surface area (Å²) in [7, 11) is 1.34. The topological polar surface area (TPSA) is 124 Å². The number of aromatic amines is 2. The van der Waals surface area contributed by atoms with Gasteiger partial charge in [0.25, 0.3) is 0 Å². The van der Waals surface area contributed by atoms with Crippen molar-refractivity contribution in [1.29, 1.82) is 0 Å². The first-order valence-corrected chi connectivity index (χ1v) is 19.4. The van der Waals surface area contributed by atoms with E-state index in [1.807, 2.05) is 85.8 Å². The highest BCUT2D eigenvalue weighted by Gasteiger charge is 2.43. The second-order valence-corrected chi connectivity index (χ2v) is 14.1. The SMILES string of the molecule is C.CCC(=O)[C@@H]1Cc2c([nH]c3ccccc23)C(c2ccccc2)N1.COC(=O)[C@@H]1Cc2c([nH]c3ccccc23)C(c2ccccc2)N1C(=O)CCl.O=C(Cl)CCl.[2HH]. The predicted molar refractivity (Wildman–Crippen MR) is 227 cm³/mol. The van der Waals surface area contributed by atoms with Gasteiger partial charge in [-0.25, -0.2) is 4.79 Å². The molecule has 6 aromatic rings. The van der Waals surface area contributed by atoms with E-state index in [-0.39, 0.29) is 44.4 Å². The minimum Gasteiger partial charge on any atom is -0.467 e. The number of hydrogen-bond acceptors (Lipinski definition) is 6. The number of methoxy groups -OCH3 is 1. The summed E-state index contributed by atoms with van der Waals surface area (Å²) in [6, 6.07) is 35.1. The lowest BCUT2D eigenvalue weighted by Crippen LogP contribution is -2.52. The summed E-state index contributed by atoms with van der Waals surface area (Å²) in [5, 5.41) is 5.34. The van der Waals surface area contributed by atoms with Crippen molar-refractivity contribution in [2.75, 3.05) is 18.9 Å². The van der Waals surface area contributed by atoms with Crippen molar-refractivity contribution in [2.45, 2.75) is 57.8 Å². The minimum absolute atomic E-state index is 0. The van der Waals surface area contributed by atoms with Crippen molar-refractivity contribution in [1.82, 2.24) is 20.2 Å². The molecule has 0 radical (unpaired) electrons. The Bertz CT molecular complexity index is 2300. The van der Waals surface area contributed by atoms with Crippen molar-refractivity contribution in [3.05, 3.63) is 143 Å². The lowest BCUT2D eigenvalue weighted by Gasteiger charge is -2.40. The number of fused-ring (bicyclic) bond motifs is 6. The lowest BCUT2D eigenvalue weighted by molar-refractivity contribution is -0.154. The van der Waals surface area contributed by atoms with Crippen LogP contribution in [0.2, 0.25) is 0 Å². The van der Waals surface area contributed by atoms with Gasteiger partial charge in [0.15, 0.2) is 0 Å². The molecule has 0 saturated carbocycles. The van der Waals surface area contributed by atoms with E-state index >= 15 is 0 Å². The minimum atomic E-state index is -0.724. The summed E-state index contributed by atoms with van der Waals surface area (Å²) < 4.78 is 5.02. The van der Waals surface area contributed by atoms with Crippen LogP contribution in [0.25, 0.3) is 21.8 Å². The van der Waals surface area contributed by atoms with E-state index in [0.717, 1.165) is 39.7 Å². The van der Waals surface area contributed by atoms with Gasteiger partial charge in [-0.2, -0.15) is 0 Å². The Kier molecular flexibility index (Phi) is 14.5. The van der Waals surface area contributed by atoms with Crippen molar-refractivity contribution in [3.63, 3.8) is 0 Å². The normalized spacial score (nSPS) is 18.2. The number of esters is 1. The molecule has 56 heavy (non-hydrogen) atoms. The second kappa shape index (κ2) is 19.3. The van der Waals surface area contributed by atoms with E-state index < -0.39 is 23.3 Å². The number of nitrogens with zero attached hydrogens (tertiary/aromatic N) is 1. The van der Waals surface area contributed by atoms with Crippen molar-refractivity contribution in [3.8, 4) is 0 Å². The molecule has 0 spiro atoms. The van der Waals surface area contributed by atoms with Crippen LogP contribution in [0, 0.1) is 0 Å². The number of Topliss-reactive ketones (excluding diaryl/α,β-unsaturated/α-hetero) is 1. The highest BCUT2D eigenvalue weighted by atomic mass is 35.5. The molecule has 12 heteroatoms. The van der Waals surface area contributed by atoms with Gasteiger partial charge >= 0.3 is 5.97 Å². The largest absolute Gasteiger partial charge is 0.467 e. The zero-order valence-corrected chi connectivity index (χ0v) is 32.6. The Morgan fingerprint density at radius 1 is 0.732 bits per heavy atom. The number of carbonyl (C=O) groups excluding carboxylic acids is 4. The molecule has 0 aliphatic carbocycles. The van der Waals surface area contributed by atoms with Crippen molar-refractivity contribution in [2.24, 2.45) is 0 Å². The number of aromatic nitrogens is 2. The van der Waals surface area contributed by atoms with E-state index in [2.05, 4.69) is 45.6 Å². The van der Waals surface area contributed by atoms with Gasteiger partial charge in [-0.1, -0.05) is 111 Å². The molecule has 0 fully saturated rings. The van der Waals surface area contributed by atoms with Crippen LogP contribution in [0.4, 0.5) is 0 Å². The molecule has 294 valence electrons. The molecule has 2 aromatic heterocycles. The van der Waals surface area contributed by atoms with Crippen LogP contribution in [-0.2, 0) is 36.8 Å². The van der Waals surface area contributed by atoms with Crippen LogP contribution in [0.15, 0.2) is 109 Å². The summed E-state index contributed by atoms with van der Waals surface area (Å²) in [5.41, 5.74) is 8.65.